The average Bonchev–Trinajstić information content (AvgIpc) is 2.94. The minimum atomic E-state index is 0.560. The first-order chi connectivity index (χ1) is 15.3. The van der Waals surface area contributed by atoms with Crippen LogP contribution in [0.15, 0.2) is 55.1 Å². The van der Waals surface area contributed by atoms with Crippen LogP contribution in [0.3, 0.4) is 0 Å². The average molecular weight is 420 g/mol. The molecular weight excluding hydrogens is 386 g/mol. The largest absolute Gasteiger partial charge is 0.493 e. The third-order valence-electron chi connectivity index (χ3n) is 5.98. The fourth-order valence-electron chi connectivity index (χ4n) is 4.36. The molecule has 0 bridgehead atoms. The molecule has 3 aromatic rings. The van der Waals surface area contributed by atoms with E-state index in [1.54, 1.807) is 7.11 Å². The second-order valence-corrected chi connectivity index (χ2v) is 8.19. The van der Waals surface area contributed by atoms with E-state index in [2.05, 4.69) is 46.4 Å². The number of nitrogens with zero attached hydrogens (tertiary/aromatic N) is 3. The van der Waals surface area contributed by atoms with Crippen LogP contribution in [0.25, 0.3) is 11.0 Å². The van der Waals surface area contributed by atoms with Gasteiger partial charge in [-0.05, 0) is 62.2 Å². The van der Waals surface area contributed by atoms with Gasteiger partial charge in [-0.2, -0.15) is 0 Å². The minimum absolute atomic E-state index is 0.560. The smallest absolute Gasteiger partial charge is 0.161 e. The summed E-state index contributed by atoms with van der Waals surface area (Å²) in [6, 6.07) is 14.5. The Morgan fingerprint density at radius 2 is 1.84 bits per heavy atom. The number of benzene rings is 2. The van der Waals surface area contributed by atoms with Crippen LogP contribution in [0.5, 0.6) is 11.5 Å². The number of ether oxygens (including phenoxy) is 2. The summed E-state index contributed by atoms with van der Waals surface area (Å²) in [6.45, 7) is 8.34. The van der Waals surface area contributed by atoms with Gasteiger partial charge in [0.2, 0.25) is 0 Å². The van der Waals surface area contributed by atoms with Gasteiger partial charge in [0.15, 0.2) is 11.5 Å². The van der Waals surface area contributed by atoms with Gasteiger partial charge in [0.05, 0.1) is 31.2 Å². The number of fused-ring (bicyclic) bond motifs is 1. The van der Waals surface area contributed by atoms with Crippen molar-refractivity contribution in [2.75, 3.05) is 26.8 Å². The van der Waals surface area contributed by atoms with Crippen LogP contribution >= 0.6 is 0 Å². The summed E-state index contributed by atoms with van der Waals surface area (Å²) in [5, 5.41) is 0. The van der Waals surface area contributed by atoms with Gasteiger partial charge in [-0.1, -0.05) is 37.1 Å². The van der Waals surface area contributed by atoms with Crippen molar-refractivity contribution in [3.8, 4) is 11.5 Å². The van der Waals surface area contributed by atoms with Crippen molar-refractivity contribution < 1.29 is 9.47 Å². The van der Waals surface area contributed by atoms with Crippen molar-refractivity contribution in [3.63, 3.8) is 0 Å². The Labute approximate surface area is 185 Å². The number of rotatable bonds is 9. The number of imidazole rings is 1. The molecule has 164 valence electrons. The third kappa shape index (κ3) is 5.28. The molecule has 0 atom stereocenters. The first-order valence-corrected chi connectivity index (χ1v) is 11.4. The highest BCUT2D eigenvalue weighted by Crippen LogP contribution is 2.28. The van der Waals surface area contributed by atoms with Gasteiger partial charge >= 0.3 is 0 Å². The second-order valence-electron chi connectivity index (χ2n) is 8.19. The lowest BCUT2D eigenvalue weighted by Crippen LogP contribution is -2.26. The minimum Gasteiger partial charge on any atom is -0.493 e. The van der Waals surface area contributed by atoms with Crippen LogP contribution in [0.4, 0.5) is 0 Å². The molecule has 5 heteroatoms. The molecule has 0 aliphatic carbocycles. The molecule has 2 heterocycles. The van der Waals surface area contributed by atoms with Gasteiger partial charge in [-0.15, -0.1) is 6.58 Å². The zero-order valence-corrected chi connectivity index (χ0v) is 18.6. The number of methoxy groups -OCH3 is 1. The van der Waals surface area contributed by atoms with Crippen molar-refractivity contribution >= 4 is 11.0 Å². The lowest BCUT2D eigenvalue weighted by Gasteiger charge is -2.20. The molecule has 0 amide bonds. The van der Waals surface area contributed by atoms with Crippen LogP contribution in [-0.4, -0.2) is 41.3 Å². The maximum atomic E-state index is 6.14. The van der Waals surface area contributed by atoms with E-state index in [0.29, 0.717) is 6.61 Å². The van der Waals surface area contributed by atoms with Crippen LogP contribution in [0.2, 0.25) is 0 Å². The number of para-hydroxylation sites is 2. The Hall–Kier alpha value is -2.79. The Morgan fingerprint density at radius 3 is 2.61 bits per heavy atom. The summed E-state index contributed by atoms with van der Waals surface area (Å²) in [6.07, 6.45) is 7.96. The monoisotopic (exact) mass is 419 g/mol. The predicted molar refractivity (Wildman–Crippen MR) is 126 cm³/mol. The topological polar surface area (TPSA) is 39.5 Å². The van der Waals surface area contributed by atoms with E-state index in [-0.39, 0.29) is 0 Å². The molecule has 4 rings (SSSR count). The highest BCUT2D eigenvalue weighted by molar-refractivity contribution is 5.75. The number of allylic oxidation sites excluding steroid dienone is 1. The van der Waals surface area contributed by atoms with Crippen molar-refractivity contribution in [2.45, 2.75) is 45.2 Å². The third-order valence-corrected chi connectivity index (χ3v) is 5.98. The lowest BCUT2D eigenvalue weighted by molar-refractivity contribution is 0.255. The lowest BCUT2D eigenvalue weighted by atomic mass is 10.1. The van der Waals surface area contributed by atoms with Crippen molar-refractivity contribution in [3.05, 3.63) is 66.5 Å². The van der Waals surface area contributed by atoms with Crippen LogP contribution < -0.4 is 9.47 Å². The standard InChI is InChI=1S/C26H33N3O2/c1-3-10-21-13-14-24(25(19-21)30-2)31-18-17-29-23-12-7-6-11-22(23)27-26(29)20-28-15-8-4-5-9-16-28/h3,6-7,11-14,19H,1,4-5,8-10,15-18,20H2,2H3. The molecule has 0 unspecified atom stereocenters. The maximum absolute atomic E-state index is 6.14. The fraction of sp³-hybridized carbons (Fsp3) is 0.423. The molecule has 0 radical (unpaired) electrons. The van der Waals surface area contributed by atoms with Crippen LogP contribution in [-0.2, 0) is 19.5 Å². The summed E-state index contributed by atoms with van der Waals surface area (Å²) in [7, 11) is 1.68. The van der Waals surface area contributed by atoms with E-state index in [9.17, 15) is 0 Å². The highest BCUT2D eigenvalue weighted by Gasteiger charge is 2.16. The molecule has 1 aromatic heterocycles. The van der Waals surface area contributed by atoms with E-state index in [1.165, 1.54) is 36.8 Å². The number of aromatic nitrogens is 2. The summed E-state index contributed by atoms with van der Waals surface area (Å²) in [4.78, 5) is 7.51. The van der Waals surface area contributed by atoms with Crippen molar-refractivity contribution in [1.29, 1.82) is 0 Å². The SMILES string of the molecule is C=CCc1ccc(OCCn2c(CN3CCCCCC3)nc3ccccc32)c(OC)c1. The van der Waals surface area contributed by atoms with Gasteiger partial charge in [0.25, 0.3) is 0 Å². The van der Waals surface area contributed by atoms with E-state index < -0.39 is 0 Å². The van der Waals surface area contributed by atoms with E-state index in [0.717, 1.165) is 55.4 Å². The van der Waals surface area contributed by atoms with Gasteiger partial charge in [-0.3, -0.25) is 4.90 Å². The molecule has 1 aliphatic rings. The Kier molecular flexibility index (Phi) is 7.26. The normalized spacial score (nSPS) is 15.0. The zero-order chi connectivity index (χ0) is 21.5. The molecule has 0 saturated carbocycles. The summed E-state index contributed by atoms with van der Waals surface area (Å²) >= 11 is 0. The van der Waals surface area contributed by atoms with Crippen molar-refractivity contribution in [1.82, 2.24) is 14.5 Å². The van der Waals surface area contributed by atoms with E-state index in [4.69, 9.17) is 14.5 Å². The molecule has 5 nitrogen and oxygen atoms in total. The molecule has 0 N–H and O–H groups in total. The molecule has 1 aliphatic heterocycles. The van der Waals surface area contributed by atoms with E-state index in [1.807, 2.05) is 18.2 Å². The zero-order valence-electron chi connectivity index (χ0n) is 18.6. The van der Waals surface area contributed by atoms with Gasteiger partial charge in [0, 0.05) is 0 Å². The Morgan fingerprint density at radius 1 is 1.03 bits per heavy atom. The summed E-state index contributed by atoms with van der Waals surface area (Å²) in [5.74, 6) is 2.66. The van der Waals surface area contributed by atoms with Gasteiger partial charge in [0.1, 0.15) is 12.4 Å². The molecule has 1 fully saturated rings. The molecule has 0 spiro atoms. The number of hydrogen-bond donors (Lipinski definition) is 0. The quantitative estimate of drug-likeness (QED) is 0.445. The first kappa shape index (κ1) is 21.4. The van der Waals surface area contributed by atoms with Crippen LogP contribution in [0, 0.1) is 0 Å². The highest BCUT2D eigenvalue weighted by atomic mass is 16.5. The fourth-order valence-corrected chi connectivity index (χ4v) is 4.36. The van der Waals surface area contributed by atoms with Crippen molar-refractivity contribution in [2.24, 2.45) is 0 Å². The van der Waals surface area contributed by atoms with Crippen LogP contribution in [0.1, 0.15) is 37.1 Å². The molecule has 31 heavy (non-hydrogen) atoms. The Bertz CT molecular complexity index is 1000. The summed E-state index contributed by atoms with van der Waals surface area (Å²) in [5.41, 5.74) is 3.39. The second kappa shape index (κ2) is 10.5. The summed E-state index contributed by atoms with van der Waals surface area (Å²) < 4.78 is 14.0. The van der Waals surface area contributed by atoms with Gasteiger partial charge < -0.3 is 14.0 Å². The van der Waals surface area contributed by atoms with E-state index >= 15 is 0 Å². The maximum Gasteiger partial charge on any atom is 0.161 e. The number of hydrogen-bond acceptors (Lipinski definition) is 4. The predicted octanol–water partition coefficient (Wildman–Crippen LogP) is 5.23. The first-order valence-electron chi connectivity index (χ1n) is 11.4. The molecular formula is C26H33N3O2. The molecule has 2 aromatic carbocycles. The van der Waals surface area contributed by atoms with Gasteiger partial charge in [-0.25, -0.2) is 4.98 Å². The Balaban J connectivity index is 1.49. The number of likely N-dealkylation sites (tertiary alicyclic amines) is 1. The molecule has 1 saturated heterocycles.